The number of rotatable bonds is 1. The third kappa shape index (κ3) is 1.67. The second kappa shape index (κ2) is 2.91. The van der Waals surface area contributed by atoms with Gasteiger partial charge >= 0.3 is 11.0 Å². The highest BCUT2D eigenvalue weighted by molar-refractivity contribution is 7.09. The van der Waals surface area contributed by atoms with Gasteiger partial charge in [-0.2, -0.15) is 13.2 Å². The van der Waals surface area contributed by atoms with Gasteiger partial charge in [0.05, 0.1) is 4.88 Å². The van der Waals surface area contributed by atoms with Crippen LogP contribution in [0.1, 0.15) is 10.6 Å². The number of alkyl halides is 3. The van der Waals surface area contributed by atoms with Gasteiger partial charge in [0.15, 0.2) is 0 Å². The molecule has 3 nitrogen and oxygen atoms in total. The number of hydrogen-bond donors (Lipinski definition) is 2. The van der Waals surface area contributed by atoms with Crippen LogP contribution in [0.15, 0.2) is 4.79 Å². The van der Waals surface area contributed by atoms with E-state index in [1.165, 1.54) is 0 Å². The molecule has 0 aliphatic carbocycles. The van der Waals surface area contributed by atoms with Gasteiger partial charge in [-0.15, -0.1) is 0 Å². The van der Waals surface area contributed by atoms with Crippen LogP contribution in [-0.4, -0.2) is 4.98 Å². The summed E-state index contributed by atoms with van der Waals surface area (Å²) in [7, 11) is 0. The molecule has 7 heteroatoms. The Labute approximate surface area is 69.0 Å². The Balaban J connectivity index is 3.23. The van der Waals surface area contributed by atoms with E-state index in [1.807, 2.05) is 0 Å². The van der Waals surface area contributed by atoms with E-state index < -0.39 is 16.7 Å². The molecule has 1 aromatic rings. The smallest absolute Gasteiger partial charge is 0.326 e. The number of thiazole rings is 1. The first-order valence-electron chi connectivity index (χ1n) is 2.94. The first kappa shape index (κ1) is 9.27. The van der Waals surface area contributed by atoms with E-state index in [0.29, 0.717) is 11.3 Å². The number of nitrogens with one attached hydrogen (secondary N) is 1. The number of aromatic nitrogens is 1. The molecule has 0 aliphatic rings. The molecule has 3 N–H and O–H groups in total. The fourth-order valence-corrected chi connectivity index (χ4v) is 1.46. The number of aromatic amines is 1. The van der Waals surface area contributed by atoms with E-state index in [1.54, 1.807) is 4.98 Å². The molecule has 12 heavy (non-hydrogen) atoms. The number of halogens is 3. The van der Waals surface area contributed by atoms with Gasteiger partial charge in [0.1, 0.15) is 5.69 Å². The molecule has 0 atom stereocenters. The van der Waals surface area contributed by atoms with Crippen LogP contribution < -0.4 is 10.6 Å². The zero-order chi connectivity index (χ0) is 9.35. The molecule has 1 rings (SSSR count). The van der Waals surface area contributed by atoms with Gasteiger partial charge in [0.2, 0.25) is 0 Å². The summed E-state index contributed by atoms with van der Waals surface area (Å²) in [4.78, 5) is 11.3. The molecule has 0 aliphatic heterocycles. The minimum absolute atomic E-state index is 0.160. The van der Waals surface area contributed by atoms with Gasteiger partial charge in [0.25, 0.3) is 0 Å². The Morgan fingerprint density at radius 3 is 2.42 bits per heavy atom. The third-order valence-corrected chi connectivity index (χ3v) is 2.10. The number of hydrogen-bond acceptors (Lipinski definition) is 3. The Kier molecular flexibility index (Phi) is 2.25. The average Bonchev–Trinajstić information content (AvgIpc) is 2.29. The van der Waals surface area contributed by atoms with Crippen molar-refractivity contribution in [2.24, 2.45) is 5.73 Å². The second-order valence-corrected chi connectivity index (χ2v) is 3.08. The van der Waals surface area contributed by atoms with Crippen LogP contribution in [0.2, 0.25) is 0 Å². The summed E-state index contributed by atoms with van der Waals surface area (Å²) in [6.45, 7) is -0.280. The summed E-state index contributed by atoms with van der Waals surface area (Å²) in [5, 5.41) is 0. The van der Waals surface area contributed by atoms with Crippen molar-refractivity contribution >= 4 is 11.3 Å². The lowest BCUT2D eigenvalue weighted by molar-refractivity contribution is -0.141. The maximum absolute atomic E-state index is 12.0. The maximum Gasteiger partial charge on any atom is 0.432 e. The van der Waals surface area contributed by atoms with E-state index in [4.69, 9.17) is 5.73 Å². The van der Waals surface area contributed by atoms with E-state index in [2.05, 4.69) is 0 Å². The minimum atomic E-state index is -4.52. The fourth-order valence-electron chi connectivity index (χ4n) is 0.733. The van der Waals surface area contributed by atoms with Crippen LogP contribution in [0, 0.1) is 0 Å². The van der Waals surface area contributed by atoms with E-state index in [0.717, 1.165) is 0 Å². The quantitative estimate of drug-likeness (QED) is 0.704. The molecule has 0 aromatic carbocycles. The molecule has 0 fully saturated rings. The first-order chi connectivity index (χ1) is 5.45. The molecule has 68 valence electrons. The maximum atomic E-state index is 12.0. The monoisotopic (exact) mass is 198 g/mol. The Bertz CT molecular complexity index is 326. The van der Waals surface area contributed by atoms with Crippen LogP contribution in [0.25, 0.3) is 0 Å². The third-order valence-electron chi connectivity index (χ3n) is 1.19. The molecule has 0 spiro atoms. The topological polar surface area (TPSA) is 58.9 Å². The average molecular weight is 198 g/mol. The van der Waals surface area contributed by atoms with Gasteiger partial charge in [-0.25, -0.2) is 0 Å². The highest BCUT2D eigenvalue weighted by Crippen LogP contribution is 2.30. The molecule has 0 amide bonds. The molecule has 1 aromatic heterocycles. The van der Waals surface area contributed by atoms with Crippen molar-refractivity contribution in [1.82, 2.24) is 4.98 Å². The predicted octanol–water partition coefficient (Wildman–Crippen LogP) is 0.914. The van der Waals surface area contributed by atoms with E-state index in [-0.39, 0.29) is 11.4 Å². The highest BCUT2D eigenvalue weighted by atomic mass is 32.1. The van der Waals surface area contributed by atoms with Gasteiger partial charge in [0, 0.05) is 6.54 Å². The Hall–Kier alpha value is -0.820. The van der Waals surface area contributed by atoms with Gasteiger partial charge in [-0.3, -0.25) is 4.79 Å². The summed E-state index contributed by atoms with van der Waals surface area (Å²) in [6, 6.07) is 0. The summed E-state index contributed by atoms with van der Waals surface area (Å²) >= 11 is 0.485. The van der Waals surface area contributed by atoms with Crippen molar-refractivity contribution in [1.29, 1.82) is 0 Å². The lowest BCUT2D eigenvalue weighted by Crippen LogP contribution is -2.11. The molecule has 1 heterocycles. The minimum Gasteiger partial charge on any atom is -0.326 e. The zero-order valence-electron chi connectivity index (χ0n) is 5.73. The molecule has 0 unspecified atom stereocenters. The van der Waals surface area contributed by atoms with Gasteiger partial charge in [-0.1, -0.05) is 11.3 Å². The highest BCUT2D eigenvalue weighted by Gasteiger charge is 2.35. The normalized spacial score (nSPS) is 12.0. The van der Waals surface area contributed by atoms with Crippen LogP contribution in [0.5, 0.6) is 0 Å². The van der Waals surface area contributed by atoms with Gasteiger partial charge < -0.3 is 10.7 Å². The molecular weight excluding hydrogens is 193 g/mol. The van der Waals surface area contributed by atoms with Crippen molar-refractivity contribution in [3.05, 3.63) is 20.2 Å². The van der Waals surface area contributed by atoms with Crippen molar-refractivity contribution < 1.29 is 13.2 Å². The van der Waals surface area contributed by atoms with Crippen molar-refractivity contribution in [3.8, 4) is 0 Å². The van der Waals surface area contributed by atoms with Crippen molar-refractivity contribution in [3.63, 3.8) is 0 Å². The number of H-pyrrole nitrogens is 1. The fraction of sp³-hybridized carbons (Fsp3) is 0.400. The summed E-state index contributed by atoms with van der Waals surface area (Å²) < 4.78 is 36.1. The van der Waals surface area contributed by atoms with Crippen LogP contribution in [0.4, 0.5) is 13.2 Å². The zero-order valence-corrected chi connectivity index (χ0v) is 6.55. The molecule has 0 bridgehead atoms. The van der Waals surface area contributed by atoms with Crippen LogP contribution in [-0.2, 0) is 12.7 Å². The largest absolute Gasteiger partial charge is 0.432 e. The number of nitrogens with two attached hydrogens (primary N) is 1. The van der Waals surface area contributed by atoms with Crippen LogP contribution >= 0.6 is 11.3 Å². The van der Waals surface area contributed by atoms with Crippen LogP contribution in [0.3, 0.4) is 0 Å². The van der Waals surface area contributed by atoms with E-state index >= 15 is 0 Å². The lowest BCUT2D eigenvalue weighted by atomic mass is 10.3. The molecular formula is C5H5F3N2OS. The molecule has 0 saturated heterocycles. The molecule has 0 saturated carbocycles. The first-order valence-corrected chi connectivity index (χ1v) is 3.76. The molecule has 0 radical (unpaired) electrons. The Morgan fingerprint density at radius 1 is 1.50 bits per heavy atom. The summed E-state index contributed by atoms with van der Waals surface area (Å²) in [6.07, 6.45) is -4.52. The lowest BCUT2D eigenvalue weighted by Gasteiger charge is -2.04. The SMILES string of the molecule is NCc1sc(=O)[nH]c1C(F)(F)F. The predicted molar refractivity (Wildman–Crippen MR) is 37.8 cm³/mol. The van der Waals surface area contributed by atoms with Crippen molar-refractivity contribution in [2.75, 3.05) is 0 Å². The van der Waals surface area contributed by atoms with E-state index in [9.17, 15) is 18.0 Å². The second-order valence-electron chi connectivity index (χ2n) is 2.01. The summed E-state index contributed by atoms with van der Waals surface area (Å²) in [5.74, 6) is 0. The standard InChI is InChI=1S/C5H5F3N2OS/c6-5(7,8)3-2(1-9)12-4(11)10-3/h1,9H2,(H,10,11). The van der Waals surface area contributed by atoms with Crippen molar-refractivity contribution in [2.45, 2.75) is 12.7 Å². The Morgan fingerprint density at radius 2 is 2.08 bits per heavy atom. The summed E-state index contributed by atoms with van der Waals surface area (Å²) in [5.41, 5.74) is 3.98. The van der Waals surface area contributed by atoms with Gasteiger partial charge in [-0.05, 0) is 0 Å².